The zero-order chi connectivity index (χ0) is 18.3. The molecule has 0 saturated heterocycles. The molecule has 3 nitrogen and oxygen atoms in total. The summed E-state index contributed by atoms with van der Waals surface area (Å²) in [6.45, 7) is 9.26. The van der Waals surface area contributed by atoms with E-state index in [1.54, 1.807) is 0 Å². The molecule has 0 spiro atoms. The molecule has 0 amide bonds. The lowest BCUT2D eigenvalue weighted by Crippen LogP contribution is -2.38. The molecule has 1 aromatic heterocycles. The van der Waals surface area contributed by atoms with Gasteiger partial charge in [0.05, 0.1) is 0 Å². The second-order valence-corrected chi connectivity index (χ2v) is 7.18. The van der Waals surface area contributed by atoms with E-state index in [9.17, 15) is 0 Å². The highest BCUT2D eigenvalue weighted by Crippen LogP contribution is 2.12. The van der Waals surface area contributed by atoms with Crippen LogP contribution in [0, 0.1) is 5.41 Å². The third-order valence-electron chi connectivity index (χ3n) is 3.77. The lowest BCUT2D eigenvalue weighted by atomic mass is 10.1. The van der Waals surface area contributed by atoms with Gasteiger partial charge in [0.2, 0.25) is 0 Å². The van der Waals surface area contributed by atoms with E-state index in [2.05, 4.69) is 69.4 Å². The zero-order valence-electron chi connectivity index (χ0n) is 15.7. The number of allylic oxidation sites excluding steroid dienone is 1. The number of aromatic nitrogens is 1. The normalized spacial score (nSPS) is 12.7. The van der Waals surface area contributed by atoms with Gasteiger partial charge >= 0.3 is 0 Å². The first-order valence-electron chi connectivity index (χ1n) is 8.84. The number of hydrogen-bond donors (Lipinski definition) is 2. The van der Waals surface area contributed by atoms with E-state index < -0.39 is 0 Å². The molecule has 0 saturated carbocycles. The molecule has 132 valence electrons. The molecule has 0 unspecified atom stereocenters. The number of nitrogens with one attached hydrogen (secondary N) is 2. The fraction of sp³-hybridized carbons (Fsp3) is 0.318. The minimum Gasteiger partial charge on any atom is -0.307 e. The van der Waals surface area contributed by atoms with Crippen molar-refractivity contribution < 1.29 is 0 Å². The Kier molecular flexibility index (Phi) is 6.54. The number of hydrogen-bond acceptors (Lipinski definition) is 2. The Morgan fingerprint density at radius 1 is 1.12 bits per heavy atom. The van der Waals surface area contributed by atoms with Crippen LogP contribution in [0.1, 0.15) is 45.2 Å². The van der Waals surface area contributed by atoms with Crippen molar-refractivity contribution in [3.05, 3.63) is 71.4 Å². The van der Waals surface area contributed by atoms with Crippen molar-refractivity contribution in [2.24, 2.45) is 0 Å². The van der Waals surface area contributed by atoms with E-state index in [0.29, 0.717) is 12.0 Å². The number of benzene rings is 1. The summed E-state index contributed by atoms with van der Waals surface area (Å²) < 4.78 is 1.94. The summed E-state index contributed by atoms with van der Waals surface area (Å²) in [5.41, 5.74) is 3.75. The third kappa shape index (κ3) is 6.20. The molecule has 0 aliphatic heterocycles. The standard InChI is InChI=1S/C22H29N3/c1-5-6-10-19-13-14-25(21(23)16-19)20(17-24-22(2,3)4)15-18-11-8-7-9-12-18/h6-16,23-24H,5,17H2,1-4H3/b10-6+,20-15+,23-21?. The molecule has 0 aliphatic carbocycles. The van der Waals surface area contributed by atoms with Gasteiger partial charge in [0, 0.05) is 24.0 Å². The van der Waals surface area contributed by atoms with Crippen LogP contribution in [0.4, 0.5) is 0 Å². The molecular weight excluding hydrogens is 306 g/mol. The topological polar surface area (TPSA) is 40.8 Å². The van der Waals surface area contributed by atoms with Gasteiger partial charge in [-0.2, -0.15) is 0 Å². The Hall–Kier alpha value is -2.39. The molecule has 1 aromatic carbocycles. The maximum absolute atomic E-state index is 8.44. The Bertz CT molecular complexity index is 790. The summed E-state index contributed by atoms with van der Waals surface area (Å²) in [6.07, 6.45) is 9.30. The van der Waals surface area contributed by atoms with Crippen molar-refractivity contribution in [2.45, 2.75) is 39.7 Å². The fourth-order valence-corrected chi connectivity index (χ4v) is 2.43. The first-order chi connectivity index (χ1) is 11.9. The Labute approximate surface area is 151 Å². The lowest BCUT2D eigenvalue weighted by molar-refractivity contribution is 0.449. The molecule has 1 heterocycles. The summed E-state index contributed by atoms with van der Waals surface area (Å²) >= 11 is 0. The number of nitrogens with zero attached hydrogens (tertiary/aromatic N) is 1. The average molecular weight is 335 g/mol. The predicted octanol–water partition coefficient (Wildman–Crippen LogP) is 4.78. The summed E-state index contributed by atoms with van der Waals surface area (Å²) in [6, 6.07) is 14.2. The second kappa shape index (κ2) is 8.63. The zero-order valence-corrected chi connectivity index (χ0v) is 15.7. The number of rotatable bonds is 6. The van der Waals surface area contributed by atoms with E-state index in [0.717, 1.165) is 23.2 Å². The van der Waals surface area contributed by atoms with Crippen molar-refractivity contribution >= 4 is 17.8 Å². The van der Waals surface area contributed by atoms with Gasteiger partial charge in [-0.25, -0.2) is 0 Å². The van der Waals surface area contributed by atoms with Gasteiger partial charge in [0.25, 0.3) is 0 Å². The van der Waals surface area contributed by atoms with Crippen molar-refractivity contribution in [3.63, 3.8) is 0 Å². The van der Waals surface area contributed by atoms with Crippen LogP contribution < -0.4 is 10.8 Å². The first-order valence-corrected chi connectivity index (χ1v) is 8.84. The Morgan fingerprint density at radius 2 is 1.84 bits per heavy atom. The van der Waals surface area contributed by atoms with Crippen molar-refractivity contribution in [1.82, 2.24) is 9.88 Å². The number of pyridine rings is 1. The van der Waals surface area contributed by atoms with Crippen LogP contribution in [0.5, 0.6) is 0 Å². The smallest absolute Gasteiger partial charge is 0.129 e. The third-order valence-corrected chi connectivity index (χ3v) is 3.77. The van der Waals surface area contributed by atoms with Gasteiger partial charge in [-0.15, -0.1) is 0 Å². The predicted molar refractivity (Wildman–Crippen MR) is 108 cm³/mol. The van der Waals surface area contributed by atoms with E-state index in [-0.39, 0.29) is 5.54 Å². The Balaban J connectivity index is 2.39. The monoisotopic (exact) mass is 335 g/mol. The van der Waals surface area contributed by atoms with E-state index in [4.69, 9.17) is 5.41 Å². The highest BCUT2D eigenvalue weighted by atomic mass is 15.0. The van der Waals surface area contributed by atoms with Gasteiger partial charge in [0.1, 0.15) is 5.49 Å². The highest BCUT2D eigenvalue weighted by Gasteiger charge is 2.11. The maximum atomic E-state index is 8.44. The van der Waals surface area contributed by atoms with E-state index in [1.807, 2.05) is 35.0 Å². The van der Waals surface area contributed by atoms with Crippen LogP contribution in [0.3, 0.4) is 0 Å². The minimum absolute atomic E-state index is 0.0162. The van der Waals surface area contributed by atoms with Crippen LogP contribution in [-0.4, -0.2) is 16.7 Å². The highest BCUT2D eigenvalue weighted by molar-refractivity contribution is 5.72. The molecule has 0 aliphatic rings. The lowest BCUT2D eigenvalue weighted by Gasteiger charge is -2.23. The summed E-state index contributed by atoms with van der Waals surface area (Å²) in [7, 11) is 0. The molecule has 25 heavy (non-hydrogen) atoms. The van der Waals surface area contributed by atoms with Crippen LogP contribution in [-0.2, 0) is 0 Å². The SMILES string of the molecule is CC/C=C/c1ccn(/C(=C/c2ccccc2)CNC(C)(C)C)c(=N)c1. The van der Waals surface area contributed by atoms with Gasteiger partial charge in [-0.05, 0) is 56.5 Å². The maximum Gasteiger partial charge on any atom is 0.129 e. The Morgan fingerprint density at radius 3 is 2.44 bits per heavy atom. The van der Waals surface area contributed by atoms with Crippen LogP contribution >= 0.6 is 0 Å². The van der Waals surface area contributed by atoms with Crippen molar-refractivity contribution in [2.75, 3.05) is 6.54 Å². The molecule has 2 rings (SSSR count). The molecular formula is C22H29N3. The summed E-state index contributed by atoms with van der Waals surface area (Å²) in [5.74, 6) is 0. The van der Waals surface area contributed by atoms with Crippen molar-refractivity contribution in [3.8, 4) is 0 Å². The molecule has 0 fully saturated rings. The van der Waals surface area contributed by atoms with Crippen molar-refractivity contribution in [1.29, 1.82) is 5.41 Å². The summed E-state index contributed by atoms with van der Waals surface area (Å²) in [4.78, 5) is 0. The average Bonchev–Trinajstić information content (AvgIpc) is 2.57. The summed E-state index contributed by atoms with van der Waals surface area (Å²) in [5, 5.41) is 12.0. The van der Waals surface area contributed by atoms with Gasteiger partial charge in [-0.3, -0.25) is 5.41 Å². The largest absolute Gasteiger partial charge is 0.307 e. The van der Waals surface area contributed by atoms with Gasteiger partial charge < -0.3 is 9.88 Å². The molecule has 3 heteroatoms. The molecule has 0 bridgehead atoms. The van der Waals surface area contributed by atoms with Gasteiger partial charge in [-0.1, -0.05) is 49.4 Å². The van der Waals surface area contributed by atoms with E-state index >= 15 is 0 Å². The first kappa shape index (κ1) is 18.9. The molecule has 2 N–H and O–H groups in total. The molecule has 2 aromatic rings. The van der Waals surface area contributed by atoms with E-state index in [1.165, 1.54) is 0 Å². The van der Waals surface area contributed by atoms with Crippen LogP contribution in [0.25, 0.3) is 17.8 Å². The quantitative estimate of drug-likeness (QED) is 0.784. The minimum atomic E-state index is 0.0162. The molecule has 0 radical (unpaired) electrons. The van der Waals surface area contributed by atoms with Gasteiger partial charge in [0.15, 0.2) is 0 Å². The fourth-order valence-electron chi connectivity index (χ4n) is 2.43. The second-order valence-electron chi connectivity index (χ2n) is 7.18. The molecule has 0 atom stereocenters. The van der Waals surface area contributed by atoms with Crippen LogP contribution in [0.15, 0.2) is 54.7 Å². The van der Waals surface area contributed by atoms with Crippen LogP contribution in [0.2, 0.25) is 0 Å².